The van der Waals surface area contributed by atoms with E-state index < -0.39 is 6.36 Å². The zero-order chi connectivity index (χ0) is 19.0. The van der Waals surface area contributed by atoms with Crippen LogP contribution < -0.4 is 15.4 Å². The van der Waals surface area contributed by atoms with Gasteiger partial charge in [0.2, 0.25) is 0 Å². The second-order valence-electron chi connectivity index (χ2n) is 5.99. The Morgan fingerprint density at radius 2 is 2.07 bits per heavy atom. The van der Waals surface area contributed by atoms with E-state index in [4.69, 9.17) is 4.74 Å². The Hall–Kier alpha value is -1.27. The van der Waals surface area contributed by atoms with Gasteiger partial charge >= 0.3 is 6.36 Å². The monoisotopic (exact) mass is 502 g/mol. The predicted molar refractivity (Wildman–Crippen MR) is 109 cm³/mol. The van der Waals surface area contributed by atoms with E-state index in [1.807, 2.05) is 14.0 Å². The highest BCUT2D eigenvalue weighted by Gasteiger charge is 2.31. The highest BCUT2D eigenvalue weighted by Crippen LogP contribution is 2.26. The van der Waals surface area contributed by atoms with Crippen molar-refractivity contribution in [2.75, 3.05) is 39.8 Å². The number of morpholine rings is 1. The molecule has 0 amide bonds. The van der Waals surface area contributed by atoms with E-state index in [0.717, 1.165) is 13.1 Å². The summed E-state index contributed by atoms with van der Waals surface area (Å²) in [6.45, 7) is 5.58. The smallest absolute Gasteiger partial charge is 0.405 e. The van der Waals surface area contributed by atoms with Gasteiger partial charge in [0.15, 0.2) is 5.96 Å². The number of aliphatic imine (C=N–C) groups is 1. The summed E-state index contributed by atoms with van der Waals surface area (Å²) in [5.74, 6) is 0.281. The lowest BCUT2D eigenvalue weighted by atomic mass is 10.2. The van der Waals surface area contributed by atoms with Gasteiger partial charge in [0.1, 0.15) is 5.75 Å². The number of guanidine groups is 1. The number of benzene rings is 1. The summed E-state index contributed by atoms with van der Waals surface area (Å²) in [7, 11) is 2.03. The minimum absolute atomic E-state index is 0. The number of likely N-dealkylation sites (N-methyl/N-ethyl adjacent to an activating group) is 1. The molecule has 1 saturated heterocycles. The molecule has 1 aromatic carbocycles. The first-order chi connectivity index (χ1) is 12.4. The first-order valence-electron chi connectivity index (χ1n) is 8.53. The van der Waals surface area contributed by atoms with Crippen LogP contribution >= 0.6 is 24.0 Å². The fourth-order valence-corrected chi connectivity index (χ4v) is 2.57. The lowest BCUT2D eigenvalue weighted by molar-refractivity contribution is -0.274. The van der Waals surface area contributed by atoms with Crippen molar-refractivity contribution in [3.05, 3.63) is 29.8 Å². The molecule has 0 aliphatic carbocycles. The molecular formula is C17H26F3IN4O2. The number of rotatable bonds is 6. The normalized spacial score (nSPS) is 18.6. The highest BCUT2D eigenvalue weighted by molar-refractivity contribution is 14.0. The van der Waals surface area contributed by atoms with E-state index in [1.54, 1.807) is 12.1 Å². The number of para-hydroxylation sites is 1. The summed E-state index contributed by atoms with van der Waals surface area (Å²) in [6.07, 6.45) is -4.69. The zero-order valence-electron chi connectivity index (χ0n) is 15.4. The molecule has 0 radical (unpaired) electrons. The second-order valence-corrected chi connectivity index (χ2v) is 5.99. The molecule has 27 heavy (non-hydrogen) atoms. The van der Waals surface area contributed by atoms with E-state index in [1.165, 1.54) is 12.1 Å². The maximum absolute atomic E-state index is 12.5. The van der Waals surface area contributed by atoms with Gasteiger partial charge in [0.25, 0.3) is 0 Å². The van der Waals surface area contributed by atoms with Gasteiger partial charge in [-0.3, -0.25) is 0 Å². The molecule has 6 nitrogen and oxygen atoms in total. The minimum Gasteiger partial charge on any atom is -0.405 e. The molecular weight excluding hydrogens is 476 g/mol. The molecule has 1 atom stereocenters. The molecule has 1 unspecified atom stereocenters. The SMILES string of the molecule is CCNC(=NCc1ccccc1OC(F)(F)F)NCC1CN(C)CCO1.I. The Labute approximate surface area is 174 Å². The molecule has 0 aromatic heterocycles. The van der Waals surface area contributed by atoms with Gasteiger partial charge in [-0.05, 0) is 20.0 Å². The number of nitrogens with zero attached hydrogens (tertiary/aromatic N) is 2. The van der Waals surface area contributed by atoms with Gasteiger partial charge in [0.05, 0.1) is 19.3 Å². The molecule has 2 N–H and O–H groups in total. The number of ether oxygens (including phenoxy) is 2. The van der Waals surface area contributed by atoms with Crippen molar-refractivity contribution in [3.8, 4) is 5.75 Å². The Kier molecular flexibility index (Phi) is 10.2. The molecule has 0 saturated carbocycles. The average Bonchev–Trinajstić information content (AvgIpc) is 2.57. The van der Waals surface area contributed by atoms with Crippen LogP contribution in [0.4, 0.5) is 13.2 Å². The van der Waals surface area contributed by atoms with Crippen LogP contribution in [0.3, 0.4) is 0 Å². The van der Waals surface area contributed by atoms with Gasteiger partial charge in [-0.1, -0.05) is 18.2 Å². The standard InChI is InChI=1S/C17H25F3N4O2.HI/c1-3-21-16(23-11-14-12-24(2)8-9-25-14)22-10-13-6-4-5-7-15(13)26-17(18,19)20;/h4-7,14H,3,8-12H2,1-2H3,(H2,21,22,23);1H. The van der Waals surface area contributed by atoms with Crippen LogP contribution in [-0.4, -0.2) is 63.2 Å². The van der Waals surface area contributed by atoms with Gasteiger partial charge in [-0.2, -0.15) is 0 Å². The van der Waals surface area contributed by atoms with Crippen molar-refractivity contribution in [1.82, 2.24) is 15.5 Å². The number of alkyl halides is 3. The highest BCUT2D eigenvalue weighted by atomic mass is 127. The molecule has 0 bridgehead atoms. The molecule has 1 fully saturated rings. The molecule has 1 heterocycles. The predicted octanol–water partition coefficient (Wildman–Crippen LogP) is 2.59. The van der Waals surface area contributed by atoms with Crippen LogP contribution in [0.15, 0.2) is 29.3 Å². The van der Waals surface area contributed by atoms with Crippen LogP contribution in [0.25, 0.3) is 0 Å². The van der Waals surface area contributed by atoms with Crippen molar-refractivity contribution < 1.29 is 22.6 Å². The number of hydrogen-bond acceptors (Lipinski definition) is 4. The lowest BCUT2D eigenvalue weighted by Crippen LogP contribution is -2.48. The van der Waals surface area contributed by atoms with Crippen LogP contribution in [0.2, 0.25) is 0 Å². The van der Waals surface area contributed by atoms with Crippen LogP contribution in [-0.2, 0) is 11.3 Å². The summed E-state index contributed by atoms with van der Waals surface area (Å²) in [5, 5.41) is 6.25. The maximum atomic E-state index is 12.5. The molecule has 154 valence electrons. The quantitative estimate of drug-likeness (QED) is 0.356. The van der Waals surface area contributed by atoms with E-state index in [0.29, 0.717) is 31.2 Å². The van der Waals surface area contributed by atoms with E-state index in [-0.39, 0.29) is 42.4 Å². The topological polar surface area (TPSA) is 58.1 Å². The summed E-state index contributed by atoms with van der Waals surface area (Å²) in [6, 6.07) is 5.99. The van der Waals surface area contributed by atoms with E-state index >= 15 is 0 Å². The molecule has 0 spiro atoms. The van der Waals surface area contributed by atoms with Gasteiger partial charge in [-0.25, -0.2) is 4.99 Å². The van der Waals surface area contributed by atoms with Crippen molar-refractivity contribution >= 4 is 29.9 Å². The number of hydrogen-bond donors (Lipinski definition) is 2. The maximum Gasteiger partial charge on any atom is 0.573 e. The molecule has 1 aliphatic heterocycles. The van der Waals surface area contributed by atoms with E-state index in [9.17, 15) is 13.2 Å². The number of nitrogens with one attached hydrogen (secondary N) is 2. The minimum atomic E-state index is -4.73. The Bertz CT molecular complexity index is 602. The van der Waals surface area contributed by atoms with Gasteiger partial charge in [-0.15, -0.1) is 37.1 Å². The third-order valence-electron chi connectivity index (χ3n) is 3.79. The van der Waals surface area contributed by atoms with Crippen LogP contribution in [0.1, 0.15) is 12.5 Å². The zero-order valence-corrected chi connectivity index (χ0v) is 17.7. The fourth-order valence-electron chi connectivity index (χ4n) is 2.57. The largest absolute Gasteiger partial charge is 0.573 e. The van der Waals surface area contributed by atoms with Crippen molar-refractivity contribution in [2.24, 2.45) is 4.99 Å². The Morgan fingerprint density at radius 3 is 2.74 bits per heavy atom. The fraction of sp³-hybridized carbons (Fsp3) is 0.588. The summed E-state index contributed by atoms with van der Waals surface area (Å²) >= 11 is 0. The third kappa shape index (κ3) is 8.98. The Morgan fingerprint density at radius 1 is 1.33 bits per heavy atom. The van der Waals surface area contributed by atoms with Crippen molar-refractivity contribution in [3.63, 3.8) is 0 Å². The first-order valence-corrected chi connectivity index (χ1v) is 8.53. The average molecular weight is 502 g/mol. The van der Waals surface area contributed by atoms with Gasteiger partial charge in [0, 0.05) is 31.7 Å². The first kappa shape index (κ1) is 23.8. The van der Waals surface area contributed by atoms with Crippen LogP contribution in [0, 0.1) is 0 Å². The molecule has 1 aliphatic rings. The van der Waals surface area contributed by atoms with E-state index in [2.05, 4.69) is 25.3 Å². The van der Waals surface area contributed by atoms with Gasteiger partial charge < -0.3 is 25.0 Å². The van der Waals surface area contributed by atoms with Crippen molar-refractivity contribution in [2.45, 2.75) is 25.9 Å². The molecule has 2 rings (SSSR count). The summed E-state index contributed by atoms with van der Waals surface area (Å²) in [4.78, 5) is 6.54. The lowest BCUT2D eigenvalue weighted by Gasteiger charge is -2.30. The van der Waals surface area contributed by atoms with Crippen LogP contribution in [0.5, 0.6) is 5.75 Å². The molecule has 1 aromatic rings. The summed E-state index contributed by atoms with van der Waals surface area (Å²) in [5.41, 5.74) is 0.357. The Balaban J connectivity index is 0.00000364. The third-order valence-corrected chi connectivity index (χ3v) is 3.79. The second kappa shape index (κ2) is 11.5. The molecule has 10 heteroatoms. The summed E-state index contributed by atoms with van der Waals surface area (Å²) < 4.78 is 47.2. The number of halogens is 4. The van der Waals surface area contributed by atoms with Crippen molar-refractivity contribution in [1.29, 1.82) is 0 Å².